The van der Waals surface area contributed by atoms with Crippen molar-refractivity contribution < 1.29 is 28.3 Å². The number of ether oxygens (including phenoxy) is 2. The zero-order valence-corrected chi connectivity index (χ0v) is 14.7. The Labute approximate surface area is 154 Å². The Kier molecular flexibility index (Phi) is 5.35. The van der Waals surface area contributed by atoms with Crippen LogP contribution in [0, 0.1) is 5.82 Å². The van der Waals surface area contributed by atoms with Gasteiger partial charge in [-0.2, -0.15) is 4.98 Å². The van der Waals surface area contributed by atoms with E-state index in [0.29, 0.717) is 23.7 Å². The van der Waals surface area contributed by atoms with E-state index < -0.39 is 23.5 Å². The first-order valence-corrected chi connectivity index (χ1v) is 8.19. The van der Waals surface area contributed by atoms with Gasteiger partial charge in [-0.15, -0.1) is 0 Å². The van der Waals surface area contributed by atoms with Gasteiger partial charge in [0.2, 0.25) is 5.82 Å². The van der Waals surface area contributed by atoms with Crippen molar-refractivity contribution in [2.45, 2.75) is 19.4 Å². The quantitative estimate of drug-likeness (QED) is 0.667. The summed E-state index contributed by atoms with van der Waals surface area (Å²) < 4.78 is 30.0. The molecule has 0 unspecified atom stereocenters. The SMILES string of the molecule is CC[C@H](Oc1ccc(OC)cc1)c1noc(-c2ccc(C(=O)O)c(F)c2)n1. The first kappa shape index (κ1) is 18.4. The van der Waals surface area contributed by atoms with Crippen molar-refractivity contribution in [3.8, 4) is 23.0 Å². The van der Waals surface area contributed by atoms with Gasteiger partial charge in [0.1, 0.15) is 17.3 Å². The van der Waals surface area contributed by atoms with Crippen LogP contribution in [0.4, 0.5) is 4.39 Å². The van der Waals surface area contributed by atoms with Crippen molar-refractivity contribution in [1.29, 1.82) is 0 Å². The lowest BCUT2D eigenvalue weighted by atomic mass is 10.1. The van der Waals surface area contributed by atoms with Crippen LogP contribution < -0.4 is 9.47 Å². The van der Waals surface area contributed by atoms with Crippen molar-refractivity contribution >= 4 is 5.97 Å². The monoisotopic (exact) mass is 372 g/mol. The average Bonchev–Trinajstić information content (AvgIpc) is 3.16. The van der Waals surface area contributed by atoms with Crippen LogP contribution in [0.3, 0.4) is 0 Å². The van der Waals surface area contributed by atoms with Crippen LogP contribution in [0.2, 0.25) is 0 Å². The fourth-order valence-corrected chi connectivity index (χ4v) is 2.44. The highest BCUT2D eigenvalue weighted by Crippen LogP contribution is 2.27. The number of carbonyl (C=O) groups is 1. The van der Waals surface area contributed by atoms with Crippen molar-refractivity contribution in [2.75, 3.05) is 7.11 Å². The van der Waals surface area contributed by atoms with Crippen molar-refractivity contribution in [3.05, 3.63) is 59.7 Å². The zero-order valence-electron chi connectivity index (χ0n) is 14.7. The molecule has 1 N–H and O–H groups in total. The van der Waals surface area contributed by atoms with E-state index in [9.17, 15) is 9.18 Å². The van der Waals surface area contributed by atoms with Gasteiger partial charge in [0, 0.05) is 5.56 Å². The highest BCUT2D eigenvalue weighted by atomic mass is 19.1. The molecule has 27 heavy (non-hydrogen) atoms. The van der Waals surface area contributed by atoms with Crippen LogP contribution in [-0.2, 0) is 0 Å². The van der Waals surface area contributed by atoms with Crippen molar-refractivity contribution in [2.24, 2.45) is 0 Å². The fourth-order valence-electron chi connectivity index (χ4n) is 2.44. The second-order valence-corrected chi connectivity index (χ2v) is 5.65. The summed E-state index contributed by atoms with van der Waals surface area (Å²) in [5, 5.41) is 12.8. The Morgan fingerprint density at radius 3 is 2.52 bits per heavy atom. The normalized spacial score (nSPS) is 11.8. The number of hydrogen-bond acceptors (Lipinski definition) is 6. The predicted molar refractivity (Wildman–Crippen MR) is 93.3 cm³/mol. The molecule has 0 aliphatic heterocycles. The van der Waals surface area contributed by atoms with Gasteiger partial charge in [-0.3, -0.25) is 0 Å². The molecule has 0 saturated heterocycles. The number of carboxylic acid groups (broad SMARTS) is 1. The number of methoxy groups -OCH3 is 1. The molecule has 3 aromatic rings. The molecule has 1 atom stereocenters. The summed E-state index contributed by atoms with van der Waals surface area (Å²) in [7, 11) is 1.58. The molecule has 1 heterocycles. The molecule has 3 rings (SSSR count). The van der Waals surface area contributed by atoms with Crippen LogP contribution in [0.15, 0.2) is 47.0 Å². The Hall–Kier alpha value is -3.42. The lowest BCUT2D eigenvalue weighted by Gasteiger charge is -2.14. The number of carboxylic acids is 1. The number of rotatable bonds is 7. The van der Waals surface area contributed by atoms with Crippen LogP contribution in [0.1, 0.15) is 35.6 Å². The third-order valence-corrected chi connectivity index (χ3v) is 3.88. The Bertz CT molecular complexity index is 940. The minimum Gasteiger partial charge on any atom is -0.497 e. The molecule has 0 aliphatic rings. The van der Waals surface area contributed by atoms with E-state index in [1.54, 1.807) is 31.4 Å². The smallest absolute Gasteiger partial charge is 0.338 e. The first-order valence-electron chi connectivity index (χ1n) is 8.19. The van der Waals surface area contributed by atoms with Gasteiger partial charge >= 0.3 is 5.97 Å². The van der Waals surface area contributed by atoms with Crippen LogP contribution in [0.25, 0.3) is 11.5 Å². The van der Waals surface area contributed by atoms with E-state index in [4.69, 9.17) is 19.1 Å². The molecule has 0 radical (unpaired) electrons. The molecule has 0 fully saturated rings. The summed E-state index contributed by atoms with van der Waals surface area (Å²) in [6.45, 7) is 1.91. The highest BCUT2D eigenvalue weighted by Gasteiger charge is 2.20. The summed E-state index contributed by atoms with van der Waals surface area (Å²) >= 11 is 0. The number of nitrogens with zero attached hydrogens (tertiary/aromatic N) is 2. The number of hydrogen-bond donors (Lipinski definition) is 1. The molecule has 0 saturated carbocycles. The number of aromatic carboxylic acids is 1. The largest absolute Gasteiger partial charge is 0.497 e. The molecule has 0 aliphatic carbocycles. The average molecular weight is 372 g/mol. The van der Waals surface area contributed by atoms with E-state index in [-0.39, 0.29) is 11.5 Å². The van der Waals surface area contributed by atoms with Gasteiger partial charge in [0.15, 0.2) is 6.10 Å². The summed E-state index contributed by atoms with van der Waals surface area (Å²) in [6, 6.07) is 10.7. The molecule has 0 amide bonds. The van der Waals surface area contributed by atoms with E-state index in [1.807, 2.05) is 6.92 Å². The molecule has 8 heteroatoms. The molecule has 1 aromatic heterocycles. The second-order valence-electron chi connectivity index (χ2n) is 5.65. The number of aromatic nitrogens is 2. The Balaban J connectivity index is 1.80. The van der Waals surface area contributed by atoms with E-state index in [0.717, 1.165) is 12.1 Å². The van der Waals surface area contributed by atoms with Crippen LogP contribution in [-0.4, -0.2) is 28.3 Å². The maximum absolute atomic E-state index is 13.9. The minimum absolute atomic E-state index is 0.0811. The third-order valence-electron chi connectivity index (χ3n) is 3.88. The second kappa shape index (κ2) is 7.86. The molecule has 140 valence electrons. The molecular formula is C19H17FN2O5. The minimum atomic E-state index is -1.34. The van der Waals surface area contributed by atoms with E-state index in [2.05, 4.69) is 10.1 Å². The van der Waals surface area contributed by atoms with E-state index >= 15 is 0 Å². The maximum Gasteiger partial charge on any atom is 0.338 e. The predicted octanol–water partition coefficient (Wildman–Crippen LogP) is 4.11. The van der Waals surface area contributed by atoms with E-state index in [1.165, 1.54) is 6.07 Å². The highest BCUT2D eigenvalue weighted by molar-refractivity contribution is 5.88. The van der Waals surface area contributed by atoms with Crippen LogP contribution in [0.5, 0.6) is 11.5 Å². The van der Waals surface area contributed by atoms with Gasteiger partial charge in [0.25, 0.3) is 5.89 Å². The summed E-state index contributed by atoms with van der Waals surface area (Å²) in [5.74, 6) is -0.496. The van der Waals surface area contributed by atoms with Gasteiger partial charge in [-0.25, -0.2) is 9.18 Å². The Morgan fingerprint density at radius 1 is 1.22 bits per heavy atom. The van der Waals surface area contributed by atoms with Crippen molar-refractivity contribution in [1.82, 2.24) is 10.1 Å². The lowest BCUT2D eigenvalue weighted by molar-refractivity contribution is 0.0692. The molecule has 7 nitrogen and oxygen atoms in total. The molecule has 2 aromatic carbocycles. The molecule has 0 bridgehead atoms. The first-order chi connectivity index (χ1) is 13.0. The van der Waals surface area contributed by atoms with Crippen molar-refractivity contribution in [3.63, 3.8) is 0 Å². The number of halogens is 1. The Morgan fingerprint density at radius 2 is 1.93 bits per heavy atom. The molecular weight excluding hydrogens is 355 g/mol. The van der Waals surface area contributed by atoms with Gasteiger partial charge < -0.3 is 19.1 Å². The lowest BCUT2D eigenvalue weighted by Crippen LogP contribution is -2.08. The topological polar surface area (TPSA) is 94.7 Å². The standard InChI is InChI=1S/C19H17FN2O5/c1-3-16(26-13-7-5-12(25-2)6-8-13)17-21-18(27-22-17)11-4-9-14(19(23)24)15(20)10-11/h4-10,16H,3H2,1-2H3,(H,23,24)/t16-/m0/s1. The van der Waals surface area contributed by atoms with Gasteiger partial charge in [0.05, 0.1) is 12.7 Å². The maximum atomic E-state index is 13.9. The van der Waals surface area contributed by atoms with Crippen LogP contribution >= 0.6 is 0 Å². The zero-order chi connectivity index (χ0) is 19.4. The number of benzene rings is 2. The fraction of sp³-hybridized carbons (Fsp3) is 0.211. The molecule has 0 spiro atoms. The summed E-state index contributed by atoms with van der Waals surface area (Å²) in [6.07, 6.45) is 0.121. The van der Waals surface area contributed by atoms with Gasteiger partial charge in [-0.1, -0.05) is 12.1 Å². The summed E-state index contributed by atoms with van der Waals surface area (Å²) in [5.41, 5.74) is -0.136. The summed E-state index contributed by atoms with van der Waals surface area (Å²) in [4.78, 5) is 15.2. The third kappa shape index (κ3) is 4.05. The van der Waals surface area contributed by atoms with Gasteiger partial charge in [-0.05, 0) is 48.9 Å².